The molecule has 0 aliphatic carbocycles. The molecule has 1 rings (SSSR count). The molecule has 1 heteroatoms. The maximum Gasteiger partial charge on any atom is 0.0404 e. The third-order valence-electron chi connectivity index (χ3n) is 2.96. The van der Waals surface area contributed by atoms with Crippen LogP contribution in [0.1, 0.15) is 64.0 Å². The van der Waals surface area contributed by atoms with Crippen LogP contribution in [0, 0.1) is 6.07 Å². The molecular weight excluding hydrogens is 194 g/mol. The van der Waals surface area contributed by atoms with Crippen LogP contribution in [-0.2, 0) is 6.42 Å². The van der Waals surface area contributed by atoms with Gasteiger partial charge in [-0.05, 0) is 18.9 Å². The highest BCUT2D eigenvalue weighted by atomic mass is 14.7. The van der Waals surface area contributed by atoms with Crippen LogP contribution >= 0.6 is 0 Å². The van der Waals surface area contributed by atoms with Crippen molar-refractivity contribution in [3.05, 3.63) is 30.1 Å². The maximum atomic E-state index is 4.28. The Bertz CT molecular complexity index is 243. The molecule has 0 aliphatic rings. The van der Waals surface area contributed by atoms with E-state index >= 15 is 0 Å². The minimum Gasteiger partial charge on any atom is -0.261 e. The van der Waals surface area contributed by atoms with Gasteiger partial charge in [-0.25, -0.2) is 0 Å². The largest absolute Gasteiger partial charge is 0.261 e. The van der Waals surface area contributed by atoms with Crippen LogP contribution in [0.4, 0.5) is 0 Å². The number of aromatic nitrogens is 1. The van der Waals surface area contributed by atoms with Gasteiger partial charge in [0.2, 0.25) is 0 Å². The van der Waals surface area contributed by atoms with Crippen LogP contribution in [0.3, 0.4) is 0 Å². The number of hydrogen-bond acceptors (Lipinski definition) is 1. The molecule has 1 aromatic heterocycles. The van der Waals surface area contributed by atoms with E-state index in [2.05, 4.69) is 24.0 Å². The summed E-state index contributed by atoms with van der Waals surface area (Å²) in [7, 11) is 0. The van der Waals surface area contributed by atoms with E-state index in [9.17, 15) is 0 Å². The van der Waals surface area contributed by atoms with Crippen LogP contribution in [-0.4, -0.2) is 4.98 Å². The van der Waals surface area contributed by atoms with E-state index in [4.69, 9.17) is 0 Å². The van der Waals surface area contributed by atoms with Crippen molar-refractivity contribution in [2.45, 2.75) is 64.7 Å². The second kappa shape index (κ2) is 9.38. The topological polar surface area (TPSA) is 12.9 Å². The Hall–Kier alpha value is -0.850. The van der Waals surface area contributed by atoms with Crippen molar-refractivity contribution in [2.75, 3.05) is 0 Å². The van der Waals surface area contributed by atoms with Gasteiger partial charge in [-0.2, -0.15) is 0 Å². The fourth-order valence-corrected chi connectivity index (χ4v) is 1.94. The molecule has 0 amide bonds. The highest BCUT2D eigenvalue weighted by molar-refractivity contribution is 5.02. The number of nitrogens with zero attached hydrogens (tertiary/aromatic N) is 1. The van der Waals surface area contributed by atoms with E-state index in [0.717, 1.165) is 6.42 Å². The lowest BCUT2D eigenvalue weighted by Gasteiger charge is -2.01. The monoisotopic (exact) mass is 218 g/mol. The van der Waals surface area contributed by atoms with Gasteiger partial charge in [0.05, 0.1) is 0 Å². The molecule has 0 N–H and O–H groups in total. The standard InChI is InChI=1S/C15H24N/c1-2-3-4-5-6-7-8-9-12-15-13-10-11-14-16-15/h10,13-14H,2-9,12H2,1H3. The Balaban J connectivity index is 1.89. The summed E-state index contributed by atoms with van der Waals surface area (Å²) >= 11 is 0. The first-order chi connectivity index (χ1) is 7.93. The molecule has 0 aliphatic heterocycles. The number of unbranched alkanes of at least 4 members (excludes halogenated alkanes) is 7. The molecule has 89 valence electrons. The summed E-state index contributed by atoms with van der Waals surface area (Å²) in [6, 6.07) is 6.97. The second-order valence-corrected chi connectivity index (χ2v) is 4.47. The first-order valence-electron chi connectivity index (χ1n) is 6.74. The third kappa shape index (κ3) is 6.60. The molecule has 16 heavy (non-hydrogen) atoms. The maximum absolute atomic E-state index is 4.28. The number of pyridine rings is 1. The summed E-state index contributed by atoms with van der Waals surface area (Å²) in [5.41, 5.74) is 1.21. The van der Waals surface area contributed by atoms with Crippen molar-refractivity contribution in [3.63, 3.8) is 0 Å². The van der Waals surface area contributed by atoms with Crippen molar-refractivity contribution in [3.8, 4) is 0 Å². The number of hydrogen-bond donors (Lipinski definition) is 0. The van der Waals surface area contributed by atoms with E-state index in [1.54, 1.807) is 6.20 Å². The van der Waals surface area contributed by atoms with Gasteiger partial charge in [-0.1, -0.05) is 57.9 Å². The molecule has 0 saturated carbocycles. The molecule has 1 radical (unpaired) electrons. The summed E-state index contributed by atoms with van der Waals surface area (Å²) in [5, 5.41) is 0. The van der Waals surface area contributed by atoms with Gasteiger partial charge in [0.15, 0.2) is 0 Å². The summed E-state index contributed by atoms with van der Waals surface area (Å²) in [5.74, 6) is 0. The Kier molecular flexibility index (Phi) is 7.75. The van der Waals surface area contributed by atoms with Crippen LogP contribution in [0.2, 0.25) is 0 Å². The minimum atomic E-state index is 1.13. The molecule has 1 heterocycles. The van der Waals surface area contributed by atoms with Gasteiger partial charge in [0.1, 0.15) is 0 Å². The van der Waals surface area contributed by atoms with E-state index in [0.29, 0.717) is 0 Å². The van der Waals surface area contributed by atoms with Gasteiger partial charge in [0, 0.05) is 18.0 Å². The molecule has 0 spiro atoms. The van der Waals surface area contributed by atoms with Crippen molar-refractivity contribution < 1.29 is 0 Å². The Labute approximate surface area is 100 Å². The smallest absolute Gasteiger partial charge is 0.0404 e. The second-order valence-electron chi connectivity index (χ2n) is 4.47. The van der Waals surface area contributed by atoms with Crippen LogP contribution in [0.15, 0.2) is 18.3 Å². The lowest BCUT2D eigenvalue weighted by molar-refractivity contribution is 0.574. The molecule has 1 aromatic rings. The first-order valence-corrected chi connectivity index (χ1v) is 6.74. The lowest BCUT2D eigenvalue weighted by Crippen LogP contribution is -1.89. The van der Waals surface area contributed by atoms with Gasteiger partial charge >= 0.3 is 0 Å². The normalized spacial score (nSPS) is 10.6. The predicted molar refractivity (Wildman–Crippen MR) is 69.4 cm³/mol. The van der Waals surface area contributed by atoms with E-state index < -0.39 is 0 Å². The zero-order valence-electron chi connectivity index (χ0n) is 10.5. The molecule has 0 saturated heterocycles. The van der Waals surface area contributed by atoms with Crippen molar-refractivity contribution >= 4 is 0 Å². The van der Waals surface area contributed by atoms with Crippen molar-refractivity contribution in [1.29, 1.82) is 0 Å². The van der Waals surface area contributed by atoms with Gasteiger partial charge in [0.25, 0.3) is 0 Å². The average Bonchev–Trinajstić information content (AvgIpc) is 2.34. The molecule has 0 fully saturated rings. The van der Waals surface area contributed by atoms with E-state index in [1.165, 1.54) is 57.1 Å². The molecule has 1 nitrogen and oxygen atoms in total. The first kappa shape index (κ1) is 13.2. The summed E-state index contributed by atoms with van der Waals surface area (Å²) < 4.78 is 0. The Morgan fingerprint density at radius 1 is 1.00 bits per heavy atom. The fourth-order valence-electron chi connectivity index (χ4n) is 1.94. The van der Waals surface area contributed by atoms with Crippen LogP contribution in [0.25, 0.3) is 0 Å². The molecular formula is C15H24N. The number of rotatable bonds is 9. The Morgan fingerprint density at radius 2 is 1.69 bits per heavy atom. The van der Waals surface area contributed by atoms with Gasteiger partial charge in [-0.3, -0.25) is 4.98 Å². The highest BCUT2D eigenvalue weighted by Gasteiger charge is 1.94. The van der Waals surface area contributed by atoms with Crippen molar-refractivity contribution in [1.82, 2.24) is 4.98 Å². The highest BCUT2D eigenvalue weighted by Crippen LogP contribution is 2.10. The van der Waals surface area contributed by atoms with E-state index in [-0.39, 0.29) is 0 Å². The summed E-state index contributed by atoms with van der Waals surface area (Å²) in [6.45, 7) is 2.27. The molecule has 0 bridgehead atoms. The average molecular weight is 218 g/mol. The van der Waals surface area contributed by atoms with Crippen molar-refractivity contribution in [2.24, 2.45) is 0 Å². The number of aryl methyl sites for hydroxylation is 1. The van der Waals surface area contributed by atoms with E-state index in [1.807, 2.05) is 6.07 Å². The molecule has 0 atom stereocenters. The quantitative estimate of drug-likeness (QED) is 0.553. The van der Waals surface area contributed by atoms with Crippen LogP contribution < -0.4 is 0 Å². The summed E-state index contributed by atoms with van der Waals surface area (Å²) in [6.07, 6.45) is 13.9. The SMILES string of the molecule is CCCCCCCCCCc1cc[c]cn1. The predicted octanol–water partition coefficient (Wildman–Crippen LogP) is 4.56. The Morgan fingerprint density at radius 3 is 2.31 bits per heavy atom. The minimum absolute atomic E-state index is 1.13. The molecule has 0 unspecified atom stereocenters. The lowest BCUT2D eigenvalue weighted by atomic mass is 10.1. The van der Waals surface area contributed by atoms with Gasteiger partial charge in [-0.15, -0.1) is 0 Å². The summed E-state index contributed by atoms with van der Waals surface area (Å²) in [4.78, 5) is 4.28. The zero-order valence-corrected chi connectivity index (χ0v) is 10.5. The molecule has 0 aromatic carbocycles. The fraction of sp³-hybridized carbons (Fsp3) is 0.667. The van der Waals surface area contributed by atoms with Crippen LogP contribution in [0.5, 0.6) is 0 Å². The zero-order chi connectivity index (χ0) is 11.5. The van der Waals surface area contributed by atoms with Gasteiger partial charge < -0.3 is 0 Å². The third-order valence-corrected chi connectivity index (χ3v) is 2.96.